The molecule has 0 unspecified atom stereocenters. The standard InChI is InChI=1S/C7H14OSi/c1-5-7-8-9(3,4)6-2/h5-6H,1-2,7H2,3-4H3. The third-order valence-electron chi connectivity index (χ3n) is 1.06. The molecule has 0 aliphatic carbocycles. The Morgan fingerprint density at radius 3 is 2.33 bits per heavy atom. The van der Waals surface area contributed by atoms with Crippen LogP contribution in [0.1, 0.15) is 0 Å². The molecule has 2 heteroatoms. The Bertz CT molecular complexity index is 107. The van der Waals surface area contributed by atoms with E-state index in [4.69, 9.17) is 4.43 Å². The minimum Gasteiger partial charge on any atom is -0.410 e. The highest BCUT2D eigenvalue weighted by Crippen LogP contribution is 2.03. The highest BCUT2D eigenvalue weighted by Gasteiger charge is 2.15. The maximum atomic E-state index is 5.43. The lowest BCUT2D eigenvalue weighted by Gasteiger charge is -2.15. The van der Waals surface area contributed by atoms with E-state index in [2.05, 4.69) is 26.3 Å². The molecule has 0 spiro atoms. The van der Waals surface area contributed by atoms with Gasteiger partial charge in [-0.3, -0.25) is 0 Å². The summed E-state index contributed by atoms with van der Waals surface area (Å²) in [6, 6.07) is 0. The molecule has 0 aromatic carbocycles. The van der Waals surface area contributed by atoms with E-state index in [9.17, 15) is 0 Å². The number of hydrogen-bond acceptors (Lipinski definition) is 1. The van der Waals surface area contributed by atoms with E-state index in [1.807, 2.05) is 5.70 Å². The van der Waals surface area contributed by atoms with Crippen molar-refractivity contribution in [3.05, 3.63) is 24.9 Å². The van der Waals surface area contributed by atoms with Gasteiger partial charge in [0, 0.05) is 0 Å². The van der Waals surface area contributed by atoms with Gasteiger partial charge in [-0.25, -0.2) is 0 Å². The van der Waals surface area contributed by atoms with Gasteiger partial charge >= 0.3 is 0 Å². The maximum Gasteiger partial charge on any atom is 0.210 e. The molecule has 0 bridgehead atoms. The summed E-state index contributed by atoms with van der Waals surface area (Å²) in [7, 11) is -1.51. The molecule has 0 fully saturated rings. The van der Waals surface area contributed by atoms with Crippen LogP contribution < -0.4 is 0 Å². The molecule has 0 rings (SSSR count). The van der Waals surface area contributed by atoms with E-state index < -0.39 is 8.32 Å². The van der Waals surface area contributed by atoms with Crippen LogP contribution in [0.4, 0.5) is 0 Å². The molecule has 0 amide bonds. The van der Waals surface area contributed by atoms with Crippen LogP contribution in [0.3, 0.4) is 0 Å². The molecule has 0 aromatic heterocycles. The molecule has 1 nitrogen and oxygen atoms in total. The second kappa shape index (κ2) is 3.64. The van der Waals surface area contributed by atoms with Crippen molar-refractivity contribution in [2.24, 2.45) is 0 Å². The summed E-state index contributed by atoms with van der Waals surface area (Å²) in [6.45, 7) is 12.1. The van der Waals surface area contributed by atoms with Crippen LogP contribution >= 0.6 is 0 Å². The van der Waals surface area contributed by atoms with Crippen LogP contribution in [0.2, 0.25) is 13.1 Å². The van der Waals surface area contributed by atoms with E-state index in [1.165, 1.54) is 0 Å². The van der Waals surface area contributed by atoms with Gasteiger partial charge in [0.15, 0.2) is 0 Å². The van der Waals surface area contributed by atoms with Crippen LogP contribution in [-0.4, -0.2) is 14.9 Å². The fourth-order valence-electron chi connectivity index (χ4n) is 0.333. The lowest BCUT2D eigenvalue weighted by Crippen LogP contribution is -2.27. The molecule has 52 valence electrons. The topological polar surface area (TPSA) is 9.23 Å². The van der Waals surface area contributed by atoms with Crippen LogP contribution in [0.15, 0.2) is 24.9 Å². The Labute approximate surface area is 58.2 Å². The van der Waals surface area contributed by atoms with Gasteiger partial charge < -0.3 is 4.43 Å². The molecule has 0 radical (unpaired) electrons. The van der Waals surface area contributed by atoms with Crippen LogP contribution in [0.5, 0.6) is 0 Å². The first-order valence-corrected chi connectivity index (χ1v) is 5.99. The van der Waals surface area contributed by atoms with Gasteiger partial charge in [-0.05, 0) is 13.1 Å². The summed E-state index contributed by atoms with van der Waals surface area (Å²) in [5.74, 6) is 0. The second-order valence-electron chi connectivity index (χ2n) is 2.41. The molecule has 0 N–H and O–H groups in total. The average Bonchev–Trinajstić information content (AvgIpc) is 1.84. The number of hydrogen-bond donors (Lipinski definition) is 0. The molecular weight excluding hydrogens is 128 g/mol. The molecular formula is C7H14OSi. The third kappa shape index (κ3) is 4.18. The molecule has 0 aliphatic heterocycles. The van der Waals surface area contributed by atoms with Crippen molar-refractivity contribution >= 4 is 8.32 Å². The molecule has 0 aromatic rings. The summed E-state index contributed by atoms with van der Waals surface area (Å²) < 4.78 is 5.43. The zero-order valence-corrected chi connectivity index (χ0v) is 7.18. The van der Waals surface area contributed by atoms with Gasteiger partial charge in [-0.15, -0.1) is 13.2 Å². The van der Waals surface area contributed by atoms with Crippen molar-refractivity contribution in [3.63, 3.8) is 0 Å². The fourth-order valence-corrected chi connectivity index (χ4v) is 0.998. The average molecular weight is 142 g/mol. The lowest BCUT2D eigenvalue weighted by molar-refractivity contribution is 0.362. The van der Waals surface area contributed by atoms with Crippen LogP contribution in [0, 0.1) is 0 Å². The summed E-state index contributed by atoms with van der Waals surface area (Å²) in [5, 5.41) is 0. The van der Waals surface area contributed by atoms with Crippen molar-refractivity contribution in [1.29, 1.82) is 0 Å². The van der Waals surface area contributed by atoms with Crippen LogP contribution in [0.25, 0.3) is 0 Å². The normalized spacial score (nSPS) is 10.9. The van der Waals surface area contributed by atoms with Crippen molar-refractivity contribution in [2.75, 3.05) is 6.61 Å². The lowest BCUT2D eigenvalue weighted by atomic mass is 10.7. The first-order chi connectivity index (χ1) is 4.12. The van der Waals surface area contributed by atoms with E-state index in [1.54, 1.807) is 6.08 Å². The third-order valence-corrected chi connectivity index (χ3v) is 2.96. The van der Waals surface area contributed by atoms with Gasteiger partial charge in [-0.2, -0.15) is 0 Å². The van der Waals surface area contributed by atoms with Gasteiger partial charge in [0.05, 0.1) is 6.61 Å². The Kier molecular flexibility index (Phi) is 3.50. The molecule has 9 heavy (non-hydrogen) atoms. The summed E-state index contributed by atoms with van der Waals surface area (Å²) in [6.07, 6.45) is 1.76. The van der Waals surface area contributed by atoms with Crippen molar-refractivity contribution in [2.45, 2.75) is 13.1 Å². The fraction of sp³-hybridized carbons (Fsp3) is 0.429. The molecule has 0 saturated carbocycles. The van der Waals surface area contributed by atoms with E-state index in [-0.39, 0.29) is 0 Å². The van der Waals surface area contributed by atoms with Gasteiger partial charge in [0.1, 0.15) is 0 Å². The molecule has 0 atom stereocenters. The molecule has 0 saturated heterocycles. The van der Waals surface area contributed by atoms with Gasteiger partial charge in [0.25, 0.3) is 0 Å². The van der Waals surface area contributed by atoms with E-state index >= 15 is 0 Å². The Hall–Kier alpha value is -0.343. The van der Waals surface area contributed by atoms with E-state index in [0.717, 1.165) is 0 Å². The zero-order chi connectivity index (χ0) is 7.33. The summed E-state index contributed by atoms with van der Waals surface area (Å²) >= 11 is 0. The monoisotopic (exact) mass is 142 g/mol. The van der Waals surface area contributed by atoms with Crippen molar-refractivity contribution in [1.82, 2.24) is 0 Å². The second-order valence-corrected chi connectivity index (χ2v) is 6.31. The largest absolute Gasteiger partial charge is 0.410 e. The highest BCUT2D eigenvalue weighted by atomic mass is 28.4. The van der Waals surface area contributed by atoms with Crippen molar-refractivity contribution in [3.8, 4) is 0 Å². The Balaban J connectivity index is 3.57. The van der Waals surface area contributed by atoms with Crippen LogP contribution in [-0.2, 0) is 4.43 Å². The minimum absolute atomic E-state index is 0.644. The predicted molar refractivity (Wildman–Crippen MR) is 43.8 cm³/mol. The predicted octanol–water partition coefficient (Wildman–Crippen LogP) is 2.12. The minimum atomic E-state index is -1.51. The Morgan fingerprint density at radius 2 is 2.00 bits per heavy atom. The molecule has 0 aliphatic rings. The number of rotatable bonds is 4. The van der Waals surface area contributed by atoms with Gasteiger partial charge in [0.2, 0.25) is 8.32 Å². The maximum absolute atomic E-state index is 5.43. The Morgan fingerprint density at radius 1 is 1.44 bits per heavy atom. The smallest absolute Gasteiger partial charge is 0.210 e. The van der Waals surface area contributed by atoms with Crippen molar-refractivity contribution < 1.29 is 4.43 Å². The quantitative estimate of drug-likeness (QED) is 0.431. The van der Waals surface area contributed by atoms with Gasteiger partial charge in [-0.1, -0.05) is 11.8 Å². The first-order valence-electron chi connectivity index (χ1n) is 3.01. The van der Waals surface area contributed by atoms with E-state index in [0.29, 0.717) is 6.61 Å². The SMILES string of the molecule is C=CCO[Si](C)(C)C=C. The zero-order valence-electron chi connectivity index (χ0n) is 6.18. The molecule has 0 heterocycles. The highest BCUT2D eigenvalue weighted by molar-refractivity contribution is 6.76. The first kappa shape index (κ1) is 8.66. The summed E-state index contributed by atoms with van der Waals surface area (Å²) in [5.41, 5.74) is 1.91. The summed E-state index contributed by atoms with van der Waals surface area (Å²) in [4.78, 5) is 0.